The van der Waals surface area contributed by atoms with Gasteiger partial charge in [0.05, 0.1) is 10.6 Å². The van der Waals surface area contributed by atoms with Gasteiger partial charge >= 0.3 is 0 Å². The first-order chi connectivity index (χ1) is 9.04. The Morgan fingerprint density at radius 3 is 2.63 bits per heavy atom. The van der Waals surface area contributed by atoms with Gasteiger partial charge in [-0.2, -0.15) is 0 Å². The normalized spacial score (nSPS) is 15.2. The van der Waals surface area contributed by atoms with Crippen molar-refractivity contribution < 1.29 is 8.42 Å². The number of nitrogens with zero attached hydrogens (tertiary/aromatic N) is 1. The fourth-order valence-corrected chi connectivity index (χ4v) is 3.81. The molecule has 1 aromatic heterocycles. The third-order valence-electron chi connectivity index (χ3n) is 3.13. The lowest BCUT2D eigenvalue weighted by molar-refractivity contribution is 0.602. The third-order valence-corrected chi connectivity index (χ3v) is 5.46. The smallest absolute Gasteiger partial charge is 0.175 e. The highest BCUT2D eigenvalue weighted by Crippen LogP contribution is 2.30. The summed E-state index contributed by atoms with van der Waals surface area (Å²) in [5.41, 5.74) is 2.10. The molecule has 0 amide bonds. The van der Waals surface area contributed by atoms with Crippen molar-refractivity contribution in [2.45, 2.75) is 17.9 Å². The lowest BCUT2D eigenvalue weighted by Gasteiger charge is -2.09. The van der Waals surface area contributed by atoms with Crippen molar-refractivity contribution in [2.24, 2.45) is 0 Å². The van der Waals surface area contributed by atoms with E-state index in [9.17, 15) is 8.42 Å². The Balaban J connectivity index is 1.96. The minimum atomic E-state index is -3.13. The van der Waals surface area contributed by atoms with E-state index in [1.54, 1.807) is 23.5 Å². The number of aromatic nitrogens is 1. The van der Waals surface area contributed by atoms with Crippen molar-refractivity contribution in [3.8, 4) is 10.6 Å². The minimum absolute atomic E-state index is 0.347. The van der Waals surface area contributed by atoms with Crippen LogP contribution in [0.1, 0.15) is 10.6 Å². The van der Waals surface area contributed by atoms with E-state index in [-0.39, 0.29) is 0 Å². The summed E-state index contributed by atoms with van der Waals surface area (Å²) in [6.07, 6.45) is 2.24. The SMILES string of the molecule is CS(=O)(=O)c1ccc(-c2nc3c(s2)CCNC3)cc1. The predicted octanol–water partition coefficient (Wildman–Crippen LogP) is 1.86. The molecule has 0 aliphatic carbocycles. The number of hydrogen-bond acceptors (Lipinski definition) is 5. The Hall–Kier alpha value is -1.24. The number of fused-ring (bicyclic) bond motifs is 1. The number of hydrogen-bond donors (Lipinski definition) is 1. The van der Waals surface area contributed by atoms with Crippen molar-refractivity contribution in [2.75, 3.05) is 12.8 Å². The molecule has 1 aliphatic heterocycles. The molecule has 0 saturated heterocycles. The van der Waals surface area contributed by atoms with Gasteiger partial charge in [0.2, 0.25) is 0 Å². The highest BCUT2D eigenvalue weighted by molar-refractivity contribution is 7.90. The van der Waals surface area contributed by atoms with E-state index < -0.39 is 9.84 Å². The molecule has 2 aromatic rings. The molecule has 1 aliphatic rings. The van der Waals surface area contributed by atoms with Gasteiger partial charge in [0.25, 0.3) is 0 Å². The molecule has 19 heavy (non-hydrogen) atoms. The summed E-state index contributed by atoms with van der Waals surface area (Å²) in [6.45, 7) is 1.83. The molecule has 0 spiro atoms. The maximum absolute atomic E-state index is 11.4. The summed E-state index contributed by atoms with van der Waals surface area (Å²) >= 11 is 1.70. The first kappa shape index (κ1) is 12.8. The van der Waals surface area contributed by atoms with Gasteiger partial charge in [0, 0.05) is 29.8 Å². The molecule has 0 unspecified atom stereocenters. The largest absolute Gasteiger partial charge is 0.311 e. The second kappa shape index (κ2) is 4.70. The summed E-state index contributed by atoms with van der Waals surface area (Å²) in [4.78, 5) is 6.30. The zero-order valence-corrected chi connectivity index (χ0v) is 12.1. The highest BCUT2D eigenvalue weighted by Gasteiger charge is 2.16. The highest BCUT2D eigenvalue weighted by atomic mass is 32.2. The van der Waals surface area contributed by atoms with Crippen LogP contribution in [0.25, 0.3) is 10.6 Å². The van der Waals surface area contributed by atoms with E-state index in [0.717, 1.165) is 35.8 Å². The lowest BCUT2D eigenvalue weighted by atomic mass is 10.2. The summed E-state index contributed by atoms with van der Waals surface area (Å²) in [5, 5.41) is 4.27. The average Bonchev–Trinajstić information content (AvgIpc) is 2.81. The van der Waals surface area contributed by atoms with Crippen LogP contribution < -0.4 is 5.32 Å². The van der Waals surface area contributed by atoms with Gasteiger partial charge in [0.15, 0.2) is 9.84 Å². The van der Waals surface area contributed by atoms with Crippen LogP contribution in [0, 0.1) is 0 Å². The van der Waals surface area contributed by atoms with Gasteiger partial charge in [0.1, 0.15) is 5.01 Å². The van der Waals surface area contributed by atoms with Crippen molar-refractivity contribution in [1.82, 2.24) is 10.3 Å². The molecule has 0 radical (unpaired) electrons. The molecule has 0 atom stereocenters. The van der Waals surface area contributed by atoms with E-state index in [1.807, 2.05) is 12.1 Å². The topological polar surface area (TPSA) is 59.1 Å². The summed E-state index contributed by atoms with van der Waals surface area (Å²) in [7, 11) is -3.13. The first-order valence-corrected chi connectivity index (χ1v) is 8.74. The fraction of sp³-hybridized carbons (Fsp3) is 0.308. The van der Waals surface area contributed by atoms with Gasteiger partial charge in [-0.3, -0.25) is 0 Å². The zero-order chi connectivity index (χ0) is 13.5. The van der Waals surface area contributed by atoms with Crippen LogP contribution in [0.4, 0.5) is 0 Å². The zero-order valence-electron chi connectivity index (χ0n) is 10.5. The van der Waals surface area contributed by atoms with Gasteiger partial charge in [-0.1, -0.05) is 12.1 Å². The van der Waals surface area contributed by atoms with E-state index in [0.29, 0.717) is 4.90 Å². The average molecular weight is 294 g/mol. The Morgan fingerprint density at radius 2 is 2.00 bits per heavy atom. The fourth-order valence-electron chi connectivity index (χ4n) is 2.09. The van der Waals surface area contributed by atoms with Crippen LogP contribution in [0.15, 0.2) is 29.2 Å². The van der Waals surface area contributed by atoms with Gasteiger partial charge < -0.3 is 5.32 Å². The molecule has 2 heterocycles. The maximum atomic E-state index is 11.4. The van der Waals surface area contributed by atoms with Crippen LogP contribution in [0.2, 0.25) is 0 Å². The standard InChI is InChI=1S/C13H14N2O2S2/c1-19(16,17)10-4-2-9(3-5-10)13-15-11-8-14-7-6-12(11)18-13/h2-5,14H,6-8H2,1H3. The van der Waals surface area contributed by atoms with Crippen LogP contribution in [0.5, 0.6) is 0 Å². The quantitative estimate of drug-likeness (QED) is 0.918. The molecule has 100 valence electrons. The second-order valence-corrected chi connectivity index (χ2v) is 7.71. The summed E-state index contributed by atoms with van der Waals surface area (Å²) in [6, 6.07) is 6.94. The van der Waals surface area contributed by atoms with Crippen molar-refractivity contribution in [3.05, 3.63) is 34.8 Å². The Kier molecular flexibility index (Phi) is 3.16. The molecule has 3 rings (SSSR count). The molecule has 6 heteroatoms. The van der Waals surface area contributed by atoms with Gasteiger partial charge in [-0.25, -0.2) is 13.4 Å². The summed E-state index contributed by atoms with van der Waals surface area (Å²) in [5.74, 6) is 0. The van der Waals surface area contributed by atoms with Crippen molar-refractivity contribution >= 4 is 21.2 Å². The number of sulfone groups is 1. The molecular formula is C13H14N2O2S2. The van der Waals surface area contributed by atoms with Crippen molar-refractivity contribution in [3.63, 3.8) is 0 Å². The molecule has 0 fully saturated rings. The van der Waals surface area contributed by atoms with E-state index in [2.05, 4.69) is 10.3 Å². The Morgan fingerprint density at radius 1 is 1.26 bits per heavy atom. The Bertz CT molecular complexity index is 679. The van der Waals surface area contributed by atoms with Crippen molar-refractivity contribution in [1.29, 1.82) is 0 Å². The molecule has 1 aromatic carbocycles. The lowest BCUT2D eigenvalue weighted by Crippen LogP contribution is -2.22. The minimum Gasteiger partial charge on any atom is -0.311 e. The van der Waals surface area contributed by atoms with E-state index >= 15 is 0 Å². The van der Waals surface area contributed by atoms with Crippen LogP contribution >= 0.6 is 11.3 Å². The van der Waals surface area contributed by atoms with E-state index in [1.165, 1.54) is 11.1 Å². The molecular weight excluding hydrogens is 280 g/mol. The second-order valence-electron chi connectivity index (χ2n) is 4.61. The van der Waals surface area contributed by atoms with Crippen LogP contribution in [-0.2, 0) is 22.8 Å². The third kappa shape index (κ3) is 2.56. The predicted molar refractivity (Wildman–Crippen MR) is 76.1 cm³/mol. The van der Waals surface area contributed by atoms with Gasteiger partial charge in [-0.15, -0.1) is 11.3 Å². The van der Waals surface area contributed by atoms with Crippen LogP contribution in [-0.4, -0.2) is 26.2 Å². The number of thiazole rings is 1. The molecule has 0 bridgehead atoms. The Labute approximate surface area is 116 Å². The molecule has 4 nitrogen and oxygen atoms in total. The summed E-state index contributed by atoms with van der Waals surface area (Å²) < 4.78 is 22.8. The maximum Gasteiger partial charge on any atom is 0.175 e. The molecule has 0 saturated carbocycles. The monoisotopic (exact) mass is 294 g/mol. The van der Waals surface area contributed by atoms with Gasteiger partial charge in [-0.05, 0) is 18.6 Å². The van der Waals surface area contributed by atoms with Crippen LogP contribution in [0.3, 0.4) is 0 Å². The number of benzene rings is 1. The molecule has 1 N–H and O–H groups in total. The number of rotatable bonds is 2. The first-order valence-electron chi connectivity index (χ1n) is 6.04. The van der Waals surface area contributed by atoms with E-state index in [4.69, 9.17) is 0 Å². The number of nitrogens with one attached hydrogen (secondary N) is 1.